The Hall–Kier alpha value is -3.68. The van der Waals surface area contributed by atoms with Gasteiger partial charge in [-0.25, -0.2) is 4.39 Å². The maximum atomic E-state index is 13.9. The van der Waals surface area contributed by atoms with Gasteiger partial charge in [0.05, 0.1) is 24.4 Å². The lowest BCUT2D eigenvalue weighted by Crippen LogP contribution is -2.45. The predicted octanol–water partition coefficient (Wildman–Crippen LogP) is 5.60. The number of morpholine rings is 1. The van der Waals surface area contributed by atoms with E-state index >= 15 is 0 Å². The van der Waals surface area contributed by atoms with Crippen molar-refractivity contribution >= 4 is 22.5 Å². The van der Waals surface area contributed by atoms with Gasteiger partial charge in [0.2, 0.25) is 0 Å². The van der Waals surface area contributed by atoms with Crippen molar-refractivity contribution < 1.29 is 13.9 Å². The summed E-state index contributed by atoms with van der Waals surface area (Å²) in [5.74, 6) is -0.168. The van der Waals surface area contributed by atoms with Crippen molar-refractivity contribution in [1.82, 2.24) is 14.4 Å². The number of nitrogens with zero attached hydrogens (tertiary/aromatic N) is 3. The zero-order chi connectivity index (χ0) is 27.6. The zero-order valence-corrected chi connectivity index (χ0v) is 23.3. The number of rotatable bonds is 7. The Balaban J connectivity index is 1.35. The molecule has 1 aromatic heterocycles. The molecule has 6 rings (SSSR count). The molecule has 2 aliphatic heterocycles. The molecule has 208 valence electrons. The number of aromatic nitrogens is 1. The van der Waals surface area contributed by atoms with Crippen LogP contribution in [0.5, 0.6) is 0 Å². The second kappa shape index (κ2) is 11.4. The van der Waals surface area contributed by atoms with Crippen molar-refractivity contribution in [2.24, 2.45) is 0 Å². The highest BCUT2D eigenvalue weighted by Crippen LogP contribution is 2.34. The summed E-state index contributed by atoms with van der Waals surface area (Å²) in [6.45, 7) is 10.5. The Bertz CT molecular complexity index is 1490. The molecule has 1 unspecified atom stereocenters. The van der Waals surface area contributed by atoms with Gasteiger partial charge in [-0.3, -0.25) is 9.69 Å². The van der Waals surface area contributed by atoms with Crippen LogP contribution in [0.25, 0.3) is 10.9 Å². The van der Waals surface area contributed by atoms with Gasteiger partial charge in [0.15, 0.2) is 0 Å². The highest BCUT2D eigenvalue weighted by atomic mass is 19.1. The molecule has 40 heavy (non-hydrogen) atoms. The van der Waals surface area contributed by atoms with Gasteiger partial charge in [-0.15, -0.1) is 0 Å². The van der Waals surface area contributed by atoms with Gasteiger partial charge in [-0.1, -0.05) is 42.5 Å². The first-order chi connectivity index (χ1) is 19.5. The number of fused-ring (bicyclic) bond motifs is 1. The second-order valence-electron chi connectivity index (χ2n) is 11.0. The molecule has 0 saturated carbocycles. The van der Waals surface area contributed by atoms with Crippen LogP contribution in [0, 0.1) is 19.7 Å². The average Bonchev–Trinajstić information content (AvgIpc) is 3.58. The maximum Gasteiger partial charge on any atom is 0.254 e. The van der Waals surface area contributed by atoms with Crippen molar-refractivity contribution in [3.63, 3.8) is 0 Å². The fraction of sp³-hybridized carbons (Fsp3) is 0.364. The van der Waals surface area contributed by atoms with E-state index in [2.05, 4.69) is 59.0 Å². The van der Waals surface area contributed by atoms with Crippen LogP contribution in [0.1, 0.15) is 39.2 Å². The van der Waals surface area contributed by atoms with Crippen LogP contribution >= 0.6 is 0 Å². The molecule has 4 aromatic rings. The molecule has 2 saturated heterocycles. The van der Waals surface area contributed by atoms with E-state index in [1.54, 1.807) is 12.1 Å². The highest BCUT2D eigenvalue weighted by molar-refractivity contribution is 6.04. The number of halogens is 1. The van der Waals surface area contributed by atoms with Crippen molar-refractivity contribution in [1.29, 1.82) is 0 Å². The Kier molecular flexibility index (Phi) is 7.59. The van der Waals surface area contributed by atoms with Crippen molar-refractivity contribution in [2.45, 2.75) is 39.4 Å². The first kappa shape index (κ1) is 26.5. The molecule has 1 atom stereocenters. The Morgan fingerprint density at radius 3 is 2.48 bits per heavy atom. The number of hydrogen-bond acceptors (Lipinski definition) is 4. The van der Waals surface area contributed by atoms with Crippen LogP contribution < -0.4 is 5.32 Å². The fourth-order valence-corrected chi connectivity index (χ4v) is 6.15. The van der Waals surface area contributed by atoms with E-state index in [0.29, 0.717) is 18.2 Å². The van der Waals surface area contributed by atoms with Gasteiger partial charge in [-0.05, 0) is 61.2 Å². The summed E-state index contributed by atoms with van der Waals surface area (Å²) in [6, 6.07) is 21.5. The first-order valence-electron chi connectivity index (χ1n) is 14.2. The third-order valence-electron chi connectivity index (χ3n) is 8.57. The molecule has 1 N–H and O–H groups in total. The molecule has 2 aliphatic rings. The molecule has 7 heteroatoms. The van der Waals surface area contributed by atoms with E-state index < -0.39 is 0 Å². The summed E-state index contributed by atoms with van der Waals surface area (Å²) in [6.07, 6.45) is 0.995. The fourth-order valence-electron chi connectivity index (χ4n) is 6.15. The molecule has 6 nitrogen and oxygen atoms in total. The monoisotopic (exact) mass is 540 g/mol. The number of nitrogens with one attached hydrogen (secondary N) is 1. The number of likely N-dealkylation sites (tertiary alicyclic amines) is 1. The number of carbonyl (C=O) groups excluding carboxylic acids is 1. The normalized spacial score (nSPS) is 18.0. The average molecular weight is 541 g/mol. The summed E-state index contributed by atoms with van der Waals surface area (Å²) < 4.78 is 21.4. The summed E-state index contributed by atoms with van der Waals surface area (Å²) in [5.41, 5.74) is 7.27. The van der Waals surface area contributed by atoms with E-state index in [0.717, 1.165) is 74.5 Å². The topological polar surface area (TPSA) is 49.7 Å². The van der Waals surface area contributed by atoms with Crippen molar-refractivity contribution in [3.05, 3.63) is 100 Å². The molecule has 0 spiro atoms. The first-order valence-corrected chi connectivity index (χ1v) is 14.2. The zero-order valence-electron chi connectivity index (χ0n) is 23.3. The van der Waals surface area contributed by atoms with Crippen molar-refractivity contribution in [2.75, 3.05) is 44.7 Å². The maximum absolute atomic E-state index is 13.9. The Morgan fingerprint density at radius 2 is 1.73 bits per heavy atom. The molecular formula is C33H37FN4O2. The van der Waals surface area contributed by atoms with Crippen LogP contribution in [0.2, 0.25) is 0 Å². The van der Waals surface area contributed by atoms with Gasteiger partial charge >= 0.3 is 0 Å². The Morgan fingerprint density at radius 1 is 0.975 bits per heavy atom. The van der Waals surface area contributed by atoms with E-state index in [-0.39, 0.29) is 11.7 Å². The van der Waals surface area contributed by atoms with Crippen molar-refractivity contribution in [3.8, 4) is 0 Å². The minimum absolute atomic E-state index is 0.0790. The lowest BCUT2D eigenvalue weighted by molar-refractivity contribution is 0.0185. The third kappa shape index (κ3) is 5.36. The molecule has 0 aliphatic carbocycles. The standard InChI is InChI=1S/C33H37FN4O2/c1-23-24(2)38(21-26-6-4-3-5-7-26)32-30(23)18-27(19-31(32)35-20-25-8-10-28(34)11-9-25)33(39)37-13-12-29(22-37)36-14-16-40-17-15-36/h3-11,18-19,29,35H,12-17,20-22H2,1-2H3. The number of anilines is 1. The van der Waals surface area contributed by atoms with Crippen LogP contribution in [-0.4, -0.2) is 65.7 Å². The molecule has 0 bridgehead atoms. The van der Waals surface area contributed by atoms with Gasteiger partial charge < -0.3 is 19.5 Å². The third-order valence-corrected chi connectivity index (χ3v) is 8.57. The van der Waals surface area contributed by atoms with Gasteiger partial charge in [0, 0.05) is 62.0 Å². The number of amides is 1. The number of aryl methyl sites for hydroxylation is 1. The predicted molar refractivity (Wildman–Crippen MR) is 157 cm³/mol. The van der Waals surface area contributed by atoms with E-state index in [4.69, 9.17) is 4.74 Å². The quantitative estimate of drug-likeness (QED) is 0.331. The molecular weight excluding hydrogens is 503 g/mol. The highest BCUT2D eigenvalue weighted by Gasteiger charge is 2.32. The van der Waals surface area contributed by atoms with E-state index in [1.165, 1.54) is 29.0 Å². The van der Waals surface area contributed by atoms with Crippen LogP contribution in [0.3, 0.4) is 0 Å². The molecule has 3 aromatic carbocycles. The number of benzene rings is 3. The molecule has 3 heterocycles. The molecule has 1 amide bonds. The SMILES string of the molecule is Cc1c(C)n(Cc2ccccc2)c2c(NCc3ccc(F)cc3)cc(C(=O)N3CCC(N4CCOCC4)C3)cc12. The van der Waals surface area contributed by atoms with Crippen LogP contribution in [-0.2, 0) is 17.8 Å². The summed E-state index contributed by atoms with van der Waals surface area (Å²) in [7, 11) is 0. The van der Waals surface area contributed by atoms with Crippen LogP contribution in [0.15, 0.2) is 66.7 Å². The summed E-state index contributed by atoms with van der Waals surface area (Å²) in [5, 5.41) is 4.69. The minimum atomic E-state index is -0.247. The minimum Gasteiger partial charge on any atom is -0.379 e. The second-order valence-corrected chi connectivity index (χ2v) is 11.0. The van der Waals surface area contributed by atoms with E-state index in [9.17, 15) is 9.18 Å². The summed E-state index contributed by atoms with van der Waals surface area (Å²) >= 11 is 0. The largest absolute Gasteiger partial charge is 0.379 e. The molecule has 2 fully saturated rings. The van der Waals surface area contributed by atoms with Crippen LogP contribution in [0.4, 0.5) is 10.1 Å². The van der Waals surface area contributed by atoms with E-state index in [1.807, 2.05) is 17.0 Å². The number of ether oxygens (including phenoxy) is 1. The number of hydrogen-bond donors (Lipinski definition) is 1. The van der Waals surface area contributed by atoms with Gasteiger partial charge in [0.25, 0.3) is 5.91 Å². The number of carbonyl (C=O) groups is 1. The lowest BCUT2D eigenvalue weighted by Gasteiger charge is -2.32. The Labute approximate surface area is 235 Å². The van der Waals surface area contributed by atoms with Gasteiger partial charge in [0.1, 0.15) is 5.82 Å². The molecule has 0 radical (unpaired) electrons. The lowest BCUT2D eigenvalue weighted by atomic mass is 10.1. The smallest absolute Gasteiger partial charge is 0.254 e. The summed E-state index contributed by atoms with van der Waals surface area (Å²) in [4.78, 5) is 18.4. The van der Waals surface area contributed by atoms with Gasteiger partial charge in [-0.2, -0.15) is 0 Å².